The Morgan fingerprint density at radius 2 is 1.86 bits per heavy atom. The number of halogens is 1. The summed E-state index contributed by atoms with van der Waals surface area (Å²) in [6.07, 6.45) is 3.77. The molecule has 0 spiro atoms. The summed E-state index contributed by atoms with van der Waals surface area (Å²) >= 11 is 0. The largest absolute Gasteiger partial charge is 0.357 e. The number of amides is 1. The molecule has 0 aliphatic carbocycles. The van der Waals surface area contributed by atoms with Gasteiger partial charge in [0.1, 0.15) is 12.4 Å². The summed E-state index contributed by atoms with van der Waals surface area (Å²) in [5.74, 6) is 1.70. The Morgan fingerprint density at radius 3 is 2.48 bits per heavy atom. The Morgan fingerprint density at radius 1 is 1.17 bits per heavy atom. The van der Waals surface area contributed by atoms with Crippen molar-refractivity contribution >= 4 is 35.8 Å². The second-order valence-corrected chi connectivity index (χ2v) is 6.55. The van der Waals surface area contributed by atoms with Crippen LogP contribution in [0.2, 0.25) is 0 Å². The summed E-state index contributed by atoms with van der Waals surface area (Å²) in [6, 6.07) is 10.3. The Bertz CT molecular complexity index is 758. The zero-order valence-corrected chi connectivity index (χ0v) is 20.2. The summed E-state index contributed by atoms with van der Waals surface area (Å²) in [6.45, 7) is 9.69. The average Bonchev–Trinajstić information content (AvgIpc) is 3.13. The summed E-state index contributed by atoms with van der Waals surface area (Å²) < 4.78 is 2.10. The van der Waals surface area contributed by atoms with Crippen molar-refractivity contribution in [2.75, 3.05) is 33.2 Å². The summed E-state index contributed by atoms with van der Waals surface area (Å²) in [4.78, 5) is 25.2. The highest BCUT2D eigenvalue weighted by molar-refractivity contribution is 14.0. The van der Waals surface area contributed by atoms with Crippen LogP contribution in [0.25, 0.3) is 0 Å². The lowest BCUT2D eigenvalue weighted by atomic mass is 10.2. The molecule has 160 valence electrons. The van der Waals surface area contributed by atoms with Gasteiger partial charge in [0.25, 0.3) is 0 Å². The van der Waals surface area contributed by atoms with Gasteiger partial charge in [-0.15, -0.1) is 24.0 Å². The molecule has 1 aromatic heterocycles. The molecule has 0 unspecified atom stereocenters. The van der Waals surface area contributed by atoms with Crippen LogP contribution in [0.3, 0.4) is 0 Å². The molecular formula is C21H33IN6O. The highest BCUT2D eigenvalue weighted by Gasteiger charge is 2.15. The third-order valence-corrected chi connectivity index (χ3v) is 4.55. The number of nitrogens with zero attached hydrogens (tertiary/aromatic N) is 5. The quantitative estimate of drug-likeness (QED) is 0.319. The van der Waals surface area contributed by atoms with Crippen LogP contribution in [0.15, 0.2) is 47.7 Å². The highest BCUT2D eigenvalue weighted by Crippen LogP contribution is 2.07. The molecule has 0 saturated heterocycles. The molecule has 0 aliphatic rings. The van der Waals surface area contributed by atoms with Crippen molar-refractivity contribution in [3.63, 3.8) is 0 Å². The SMILES string of the molecule is CCNC(=NCc1nccn1Cc1ccccc1)N(C)CC(=O)N(CC)CC.I. The van der Waals surface area contributed by atoms with Crippen LogP contribution in [0.4, 0.5) is 0 Å². The van der Waals surface area contributed by atoms with Crippen molar-refractivity contribution in [2.24, 2.45) is 4.99 Å². The third-order valence-electron chi connectivity index (χ3n) is 4.55. The first kappa shape index (κ1) is 24.9. The Hall–Kier alpha value is -2.10. The molecule has 2 rings (SSSR count). The van der Waals surface area contributed by atoms with Crippen molar-refractivity contribution in [1.82, 2.24) is 24.7 Å². The fourth-order valence-electron chi connectivity index (χ4n) is 2.99. The Labute approximate surface area is 191 Å². The molecule has 1 amide bonds. The van der Waals surface area contributed by atoms with Crippen LogP contribution < -0.4 is 5.32 Å². The van der Waals surface area contributed by atoms with E-state index in [1.807, 2.05) is 62.0 Å². The number of hydrogen-bond acceptors (Lipinski definition) is 3. The molecule has 8 heteroatoms. The standard InChI is InChI=1S/C21H32N6O.HI/c1-5-22-21(25(4)17-20(28)26(6-2)7-3)24-15-19-23-13-14-27(19)16-18-11-9-8-10-12-18;/h8-14H,5-7,15-17H2,1-4H3,(H,22,24);1H. The second kappa shape index (κ2) is 13.2. The Kier molecular flexibility index (Phi) is 11.3. The molecule has 0 fully saturated rings. The summed E-state index contributed by atoms with van der Waals surface area (Å²) in [5, 5.41) is 3.26. The molecule has 1 N–H and O–H groups in total. The van der Waals surface area contributed by atoms with Gasteiger partial charge in [-0.05, 0) is 26.3 Å². The maximum Gasteiger partial charge on any atom is 0.242 e. The van der Waals surface area contributed by atoms with E-state index in [2.05, 4.69) is 27.0 Å². The van der Waals surface area contributed by atoms with Gasteiger partial charge in [-0.1, -0.05) is 30.3 Å². The number of nitrogens with one attached hydrogen (secondary N) is 1. The monoisotopic (exact) mass is 512 g/mol. The minimum absolute atomic E-state index is 0. The molecule has 2 aromatic rings. The Balaban J connectivity index is 0.00000420. The number of guanidine groups is 1. The van der Waals surface area contributed by atoms with E-state index < -0.39 is 0 Å². The van der Waals surface area contributed by atoms with Crippen LogP contribution in [-0.4, -0.2) is 64.4 Å². The number of likely N-dealkylation sites (N-methyl/N-ethyl adjacent to an activating group) is 2. The van der Waals surface area contributed by atoms with Crippen molar-refractivity contribution in [1.29, 1.82) is 0 Å². The zero-order valence-electron chi connectivity index (χ0n) is 17.8. The molecule has 1 aromatic carbocycles. The van der Waals surface area contributed by atoms with Crippen molar-refractivity contribution in [3.05, 3.63) is 54.1 Å². The normalized spacial score (nSPS) is 11.0. The van der Waals surface area contributed by atoms with E-state index in [0.29, 0.717) is 32.1 Å². The lowest BCUT2D eigenvalue weighted by Crippen LogP contribution is -2.45. The molecule has 1 heterocycles. The van der Waals surface area contributed by atoms with Gasteiger partial charge in [-0.2, -0.15) is 0 Å². The fourth-order valence-corrected chi connectivity index (χ4v) is 2.99. The van der Waals surface area contributed by atoms with Gasteiger partial charge < -0.3 is 19.7 Å². The van der Waals surface area contributed by atoms with E-state index in [9.17, 15) is 4.79 Å². The predicted molar refractivity (Wildman–Crippen MR) is 129 cm³/mol. The van der Waals surface area contributed by atoms with E-state index in [1.165, 1.54) is 5.56 Å². The van der Waals surface area contributed by atoms with Gasteiger partial charge in [0.2, 0.25) is 5.91 Å². The van der Waals surface area contributed by atoms with Crippen LogP contribution >= 0.6 is 24.0 Å². The van der Waals surface area contributed by atoms with Crippen molar-refractivity contribution in [2.45, 2.75) is 33.9 Å². The highest BCUT2D eigenvalue weighted by atomic mass is 127. The first-order valence-electron chi connectivity index (χ1n) is 9.90. The van der Waals surface area contributed by atoms with E-state index >= 15 is 0 Å². The summed E-state index contributed by atoms with van der Waals surface area (Å²) in [5.41, 5.74) is 1.22. The van der Waals surface area contributed by atoms with Gasteiger partial charge >= 0.3 is 0 Å². The smallest absolute Gasteiger partial charge is 0.242 e. The van der Waals surface area contributed by atoms with E-state index in [4.69, 9.17) is 4.99 Å². The van der Waals surface area contributed by atoms with E-state index in [-0.39, 0.29) is 29.9 Å². The molecule has 29 heavy (non-hydrogen) atoms. The molecule has 0 bridgehead atoms. The van der Waals surface area contributed by atoms with Gasteiger partial charge in [0, 0.05) is 45.6 Å². The number of aliphatic imine (C=N–C) groups is 1. The van der Waals surface area contributed by atoms with Crippen molar-refractivity contribution in [3.8, 4) is 0 Å². The van der Waals surface area contributed by atoms with Gasteiger partial charge in [0.05, 0.1) is 6.54 Å². The van der Waals surface area contributed by atoms with E-state index in [0.717, 1.165) is 18.9 Å². The molecule has 0 atom stereocenters. The predicted octanol–water partition coefficient (Wildman–Crippen LogP) is 2.82. The fraction of sp³-hybridized carbons (Fsp3) is 0.476. The van der Waals surface area contributed by atoms with Crippen molar-refractivity contribution < 1.29 is 4.79 Å². The molecular weight excluding hydrogens is 479 g/mol. The minimum Gasteiger partial charge on any atom is -0.357 e. The molecule has 0 saturated carbocycles. The number of carbonyl (C=O) groups is 1. The van der Waals surface area contributed by atoms with Crippen LogP contribution in [0, 0.1) is 0 Å². The number of aromatic nitrogens is 2. The lowest BCUT2D eigenvalue weighted by molar-refractivity contribution is -0.131. The molecule has 0 aliphatic heterocycles. The maximum atomic E-state index is 12.4. The zero-order chi connectivity index (χ0) is 20.4. The molecule has 7 nitrogen and oxygen atoms in total. The molecule has 0 radical (unpaired) electrons. The minimum atomic E-state index is 0. The average molecular weight is 512 g/mol. The number of rotatable bonds is 9. The number of imidazole rings is 1. The van der Waals surface area contributed by atoms with Gasteiger partial charge in [-0.25, -0.2) is 9.98 Å². The van der Waals surface area contributed by atoms with E-state index in [1.54, 1.807) is 6.20 Å². The van der Waals surface area contributed by atoms with Gasteiger partial charge in [0.15, 0.2) is 5.96 Å². The van der Waals surface area contributed by atoms with Crippen LogP contribution in [-0.2, 0) is 17.9 Å². The first-order valence-corrected chi connectivity index (χ1v) is 9.90. The summed E-state index contributed by atoms with van der Waals surface area (Å²) in [7, 11) is 1.89. The second-order valence-electron chi connectivity index (χ2n) is 6.55. The third kappa shape index (κ3) is 7.68. The number of carbonyl (C=O) groups excluding carboxylic acids is 1. The topological polar surface area (TPSA) is 65.8 Å². The number of hydrogen-bond donors (Lipinski definition) is 1. The van der Waals surface area contributed by atoms with Crippen LogP contribution in [0.1, 0.15) is 32.2 Å². The lowest BCUT2D eigenvalue weighted by Gasteiger charge is -2.25. The van der Waals surface area contributed by atoms with Crippen LogP contribution in [0.5, 0.6) is 0 Å². The first-order chi connectivity index (χ1) is 13.6. The maximum absolute atomic E-state index is 12.4. The number of benzene rings is 1. The van der Waals surface area contributed by atoms with Gasteiger partial charge in [-0.3, -0.25) is 4.79 Å².